The van der Waals surface area contributed by atoms with Crippen LogP contribution in [0.15, 0.2) is 28.8 Å². The molecule has 1 fully saturated rings. The summed E-state index contributed by atoms with van der Waals surface area (Å²) in [6, 6.07) is 5.30. The van der Waals surface area contributed by atoms with Crippen LogP contribution in [-0.2, 0) is 6.54 Å². The predicted octanol–water partition coefficient (Wildman–Crippen LogP) is 3.22. The van der Waals surface area contributed by atoms with Crippen molar-refractivity contribution in [2.45, 2.75) is 44.6 Å². The number of nitrogens with zero attached hydrogens (tertiary/aromatic N) is 2. The van der Waals surface area contributed by atoms with Crippen molar-refractivity contribution in [3.63, 3.8) is 0 Å². The van der Waals surface area contributed by atoms with E-state index in [1.165, 1.54) is 32.1 Å². The summed E-state index contributed by atoms with van der Waals surface area (Å²) in [5, 5.41) is 0. The number of fused-ring (bicyclic) bond motifs is 1. The van der Waals surface area contributed by atoms with Gasteiger partial charge in [-0.25, -0.2) is 4.98 Å². The van der Waals surface area contributed by atoms with Crippen LogP contribution in [0.4, 0.5) is 5.69 Å². The number of hydrogen-bond acceptors (Lipinski definition) is 5. The number of rotatable bonds is 4. The molecule has 2 aromatic rings. The van der Waals surface area contributed by atoms with Crippen molar-refractivity contribution in [2.24, 2.45) is 5.73 Å². The third-order valence-corrected chi connectivity index (χ3v) is 5.11. The Hall–Kier alpha value is -2.50. The zero-order valence-electron chi connectivity index (χ0n) is 14.2. The van der Waals surface area contributed by atoms with E-state index >= 15 is 0 Å². The highest BCUT2D eigenvalue weighted by Crippen LogP contribution is 2.35. The van der Waals surface area contributed by atoms with Gasteiger partial charge in [-0.15, -0.1) is 0 Å². The molecule has 0 spiro atoms. The Morgan fingerprint density at radius 1 is 1.28 bits per heavy atom. The second kappa shape index (κ2) is 6.78. The average Bonchev–Trinajstić information content (AvgIpc) is 3.11. The summed E-state index contributed by atoms with van der Waals surface area (Å²) in [6.07, 6.45) is 8.17. The summed E-state index contributed by atoms with van der Waals surface area (Å²) in [5.41, 5.74) is 6.74. The molecule has 0 atom stereocenters. The summed E-state index contributed by atoms with van der Waals surface area (Å²) in [6.45, 7) is 1.91. The monoisotopic (exact) mass is 341 g/mol. The SMILES string of the molecule is NC(=O)c1ccc2c(c1)OCCN2Cc1ncc(C2CCCCC2)o1. The van der Waals surface area contributed by atoms with Crippen molar-refractivity contribution in [3.05, 3.63) is 41.6 Å². The number of benzene rings is 1. The third-order valence-electron chi connectivity index (χ3n) is 5.11. The second-order valence-electron chi connectivity index (χ2n) is 6.81. The van der Waals surface area contributed by atoms with Crippen molar-refractivity contribution in [1.82, 2.24) is 4.98 Å². The maximum absolute atomic E-state index is 11.3. The maximum Gasteiger partial charge on any atom is 0.248 e. The minimum atomic E-state index is -0.451. The first-order valence-corrected chi connectivity index (χ1v) is 8.97. The lowest BCUT2D eigenvalue weighted by Crippen LogP contribution is -2.32. The number of ether oxygens (including phenoxy) is 1. The molecule has 2 heterocycles. The van der Waals surface area contributed by atoms with Gasteiger partial charge in [-0.05, 0) is 31.0 Å². The molecule has 6 heteroatoms. The van der Waals surface area contributed by atoms with Crippen molar-refractivity contribution in [2.75, 3.05) is 18.1 Å². The zero-order valence-corrected chi connectivity index (χ0v) is 14.2. The van der Waals surface area contributed by atoms with E-state index in [2.05, 4.69) is 9.88 Å². The lowest BCUT2D eigenvalue weighted by Gasteiger charge is -2.30. The Balaban J connectivity index is 1.50. The molecule has 132 valence electrons. The van der Waals surface area contributed by atoms with E-state index in [1.807, 2.05) is 12.3 Å². The highest BCUT2D eigenvalue weighted by molar-refractivity contribution is 5.94. The van der Waals surface area contributed by atoms with E-state index in [1.54, 1.807) is 12.1 Å². The highest BCUT2D eigenvalue weighted by Gasteiger charge is 2.23. The van der Waals surface area contributed by atoms with E-state index < -0.39 is 5.91 Å². The van der Waals surface area contributed by atoms with Gasteiger partial charge in [0.05, 0.1) is 25.0 Å². The van der Waals surface area contributed by atoms with Crippen LogP contribution in [0.1, 0.15) is 60.0 Å². The van der Waals surface area contributed by atoms with Crippen molar-refractivity contribution in [3.8, 4) is 5.75 Å². The summed E-state index contributed by atoms with van der Waals surface area (Å²) < 4.78 is 11.7. The first-order chi connectivity index (χ1) is 12.2. The summed E-state index contributed by atoms with van der Waals surface area (Å²) in [4.78, 5) is 18.0. The second-order valence-corrected chi connectivity index (χ2v) is 6.81. The molecule has 6 nitrogen and oxygen atoms in total. The van der Waals surface area contributed by atoms with Crippen LogP contribution in [0.25, 0.3) is 0 Å². The summed E-state index contributed by atoms with van der Waals surface area (Å²) in [7, 11) is 0. The molecule has 0 unspecified atom stereocenters. The van der Waals surface area contributed by atoms with Gasteiger partial charge >= 0.3 is 0 Å². The Morgan fingerprint density at radius 3 is 2.92 bits per heavy atom. The Kier molecular flexibility index (Phi) is 4.34. The van der Waals surface area contributed by atoms with Crippen molar-refractivity contribution < 1.29 is 13.9 Å². The minimum absolute atomic E-state index is 0.451. The number of oxazole rings is 1. The molecule has 2 N–H and O–H groups in total. The van der Waals surface area contributed by atoms with Gasteiger partial charge < -0.3 is 19.8 Å². The lowest BCUT2D eigenvalue weighted by molar-refractivity contribution is 0.1000. The van der Waals surface area contributed by atoms with Crippen LogP contribution in [0.2, 0.25) is 0 Å². The van der Waals surface area contributed by atoms with Gasteiger partial charge in [0.15, 0.2) is 0 Å². The van der Waals surface area contributed by atoms with Crippen molar-refractivity contribution >= 4 is 11.6 Å². The molecular weight excluding hydrogens is 318 g/mol. The molecule has 2 aliphatic rings. The van der Waals surface area contributed by atoms with Gasteiger partial charge in [0, 0.05) is 11.5 Å². The summed E-state index contributed by atoms with van der Waals surface area (Å²) >= 11 is 0. The molecule has 1 aromatic heterocycles. The smallest absolute Gasteiger partial charge is 0.248 e. The normalized spacial score (nSPS) is 17.8. The standard InChI is InChI=1S/C19H23N3O3/c20-19(23)14-6-7-15-16(10-14)24-9-8-22(15)12-18-21-11-17(25-18)13-4-2-1-3-5-13/h6-7,10-11,13H,1-5,8-9,12H2,(H2,20,23). The highest BCUT2D eigenvalue weighted by atomic mass is 16.5. The number of nitrogens with two attached hydrogens (primary N) is 1. The zero-order chi connectivity index (χ0) is 17.2. The molecule has 0 bridgehead atoms. The van der Waals surface area contributed by atoms with Gasteiger partial charge in [-0.3, -0.25) is 4.79 Å². The maximum atomic E-state index is 11.3. The number of hydrogen-bond donors (Lipinski definition) is 1. The molecule has 1 aliphatic carbocycles. The van der Waals surface area contributed by atoms with Gasteiger partial charge in [-0.2, -0.15) is 0 Å². The van der Waals surface area contributed by atoms with Gasteiger partial charge in [0.25, 0.3) is 0 Å². The van der Waals surface area contributed by atoms with Gasteiger partial charge in [0.1, 0.15) is 18.1 Å². The lowest BCUT2D eigenvalue weighted by atomic mass is 9.88. The Morgan fingerprint density at radius 2 is 2.12 bits per heavy atom. The fraction of sp³-hybridized carbons (Fsp3) is 0.474. The first kappa shape index (κ1) is 16.0. The molecular formula is C19H23N3O3. The minimum Gasteiger partial charge on any atom is -0.490 e. The van der Waals surface area contributed by atoms with Crippen LogP contribution in [-0.4, -0.2) is 24.0 Å². The number of aromatic nitrogens is 1. The third kappa shape index (κ3) is 3.34. The van der Waals surface area contributed by atoms with Crippen LogP contribution < -0.4 is 15.4 Å². The average molecular weight is 341 g/mol. The van der Waals surface area contributed by atoms with Crippen LogP contribution >= 0.6 is 0 Å². The predicted molar refractivity (Wildman–Crippen MR) is 93.8 cm³/mol. The molecule has 1 aromatic carbocycles. The van der Waals surface area contributed by atoms with E-state index in [0.717, 1.165) is 23.9 Å². The molecule has 0 radical (unpaired) electrons. The van der Waals surface area contributed by atoms with Crippen LogP contribution in [0.3, 0.4) is 0 Å². The number of anilines is 1. The first-order valence-electron chi connectivity index (χ1n) is 8.97. The quantitative estimate of drug-likeness (QED) is 0.923. The van der Waals surface area contributed by atoms with E-state index in [9.17, 15) is 4.79 Å². The molecule has 0 saturated heterocycles. The van der Waals surface area contributed by atoms with E-state index in [0.29, 0.717) is 30.4 Å². The molecule has 1 aliphatic heterocycles. The van der Waals surface area contributed by atoms with Gasteiger partial charge in [-0.1, -0.05) is 19.3 Å². The van der Waals surface area contributed by atoms with E-state index in [-0.39, 0.29) is 0 Å². The molecule has 1 amide bonds. The molecule has 4 rings (SSSR count). The number of amides is 1. The Labute approximate surface area is 147 Å². The van der Waals surface area contributed by atoms with Crippen molar-refractivity contribution in [1.29, 1.82) is 0 Å². The number of carbonyl (C=O) groups is 1. The molecule has 25 heavy (non-hydrogen) atoms. The fourth-order valence-corrected chi connectivity index (χ4v) is 3.73. The topological polar surface area (TPSA) is 81.6 Å². The van der Waals surface area contributed by atoms with E-state index in [4.69, 9.17) is 14.9 Å². The Bertz CT molecular complexity index is 765. The largest absolute Gasteiger partial charge is 0.490 e. The fourth-order valence-electron chi connectivity index (χ4n) is 3.73. The van der Waals surface area contributed by atoms with Crippen LogP contribution in [0.5, 0.6) is 5.75 Å². The van der Waals surface area contributed by atoms with Gasteiger partial charge in [0.2, 0.25) is 11.8 Å². The molecule has 1 saturated carbocycles. The van der Waals surface area contributed by atoms with Crippen LogP contribution in [0, 0.1) is 0 Å². The number of carbonyl (C=O) groups excluding carboxylic acids is 1. The summed E-state index contributed by atoms with van der Waals surface area (Å²) in [5.74, 6) is 2.50. The number of primary amides is 1.